The van der Waals surface area contributed by atoms with Gasteiger partial charge in [0.2, 0.25) is 4.80 Å². The molecule has 2 aromatic heterocycles. The number of hydrogen-bond donors (Lipinski definition) is 1. The molecule has 2 atom stereocenters. The van der Waals surface area contributed by atoms with E-state index in [1.165, 1.54) is 11.3 Å². The number of carbonyl (C=O) groups excluding carboxylic acids is 1. The monoisotopic (exact) mass is 347 g/mol. The molecule has 4 heterocycles. The SMILES string of the molecule is CCN1C(=O)N(CC)C2C1NN=c1s/c(=C\c3ccco3)c(=O)n12. The van der Waals surface area contributed by atoms with Crippen molar-refractivity contribution >= 4 is 23.4 Å². The van der Waals surface area contributed by atoms with Gasteiger partial charge in [-0.2, -0.15) is 0 Å². The lowest BCUT2D eigenvalue weighted by Crippen LogP contribution is -2.53. The Labute approximate surface area is 141 Å². The lowest BCUT2D eigenvalue weighted by Gasteiger charge is -2.29. The van der Waals surface area contributed by atoms with Gasteiger partial charge in [0.15, 0.2) is 12.3 Å². The van der Waals surface area contributed by atoms with Gasteiger partial charge in [0, 0.05) is 19.2 Å². The molecule has 2 aliphatic heterocycles. The van der Waals surface area contributed by atoms with E-state index in [0.29, 0.717) is 28.2 Å². The van der Waals surface area contributed by atoms with Crippen molar-refractivity contribution in [2.75, 3.05) is 13.1 Å². The van der Waals surface area contributed by atoms with Gasteiger partial charge < -0.3 is 4.42 Å². The zero-order chi connectivity index (χ0) is 16.8. The number of hydrogen-bond acceptors (Lipinski definition) is 6. The number of amides is 2. The second kappa shape index (κ2) is 5.52. The third-order valence-electron chi connectivity index (χ3n) is 4.32. The molecule has 8 nitrogen and oxygen atoms in total. The first-order valence-electron chi connectivity index (χ1n) is 7.82. The summed E-state index contributed by atoms with van der Waals surface area (Å²) in [4.78, 5) is 29.4. The predicted molar refractivity (Wildman–Crippen MR) is 87.8 cm³/mol. The van der Waals surface area contributed by atoms with Crippen LogP contribution in [-0.2, 0) is 0 Å². The van der Waals surface area contributed by atoms with Gasteiger partial charge in [-0.05, 0) is 26.0 Å². The minimum absolute atomic E-state index is 0.0831. The third-order valence-corrected chi connectivity index (χ3v) is 5.30. The van der Waals surface area contributed by atoms with Gasteiger partial charge in [0.05, 0.1) is 10.8 Å². The normalized spacial score (nSPS) is 23.1. The fourth-order valence-corrected chi connectivity index (χ4v) is 4.17. The van der Waals surface area contributed by atoms with E-state index < -0.39 is 6.17 Å². The molecule has 0 saturated carbocycles. The molecule has 1 fully saturated rings. The number of rotatable bonds is 3. The fraction of sp³-hybridized carbons (Fsp3) is 0.400. The smallest absolute Gasteiger partial charge is 0.323 e. The predicted octanol–water partition coefficient (Wildman–Crippen LogP) is 0.0715. The Balaban J connectivity index is 1.89. The molecule has 2 amide bonds. The van der Waals surface area contributed by atoms with E-state index in [4.69, 9.17) is 4.42 Å². The topological polar surface area (TPSA) is 83.1 Å². The summed E-state index contributed by atoms with van der Waals surface area (Å²) in [7, 11) is 0. The molecule has 4 rings (SSSR count). The van der Waals surface area contributed by atoms with Crippen molar-refractivity contribution in [1.29, 1.82) is 0 Å². The van der Waals surface area contributed by atoms with Crippen LogP contribution < -0.4 is 20.3 Å². The van der Waals surface area contributed by atoms with Gasteiger partial charge in [0.1, 0.15) is 5.76 Å². The second-order valence-corrected chi connectivity index (χ2v) is 6.55. The van der Waals surface area contributed by atoms with Crippen LogP contribution >= 0.6 is 11.3 Å². The van der Waals surface area contributed by atoms with Gasteiger partial charge in [-0.1, -0.05) is 11.3 Å². The van der Waals surface area contributed by atoms with Crippen LogP contribution in [0.15, 0.2) is 32.7 Å². The molecule has 24 heavy (non-hydrogen) atoms. The minimum atomic E-state index is -0.391. The highest BCUT2D eigenvalue weighted by Crippen LogP contribution is 2.28. The third kappa shape index (κ3) is 2.01. The maximum Gasteiger partial charge on any atom is 0.323 e. The summed E-state index contributed by atoms with van der Waals surface area (Å²) in [5.74, 6) is 0.612. The van der Waals surface area contributed by atoms with E-state index in [-0.39, 0.29) is 17.8 Å². The summed E-state index contributed by atoms with van der Waals surface area (Å²) in [5, 5.41) is 4.31. The first kappa shape index (κ1) is 15.0. The number of thiazole rings is 1. The maximum absolute atomic E-state index is 12.9. The lowest BCUT2D eigenvalue weighted by molar-refractivity contribution is 0.151. The number of urea groups is 1. The number of nitrogens with one attached hydrogen (secondary N) is 1. The Morgan fingerprint density at radius 3 is 2.79 bits per heavy atom. The van der Waals surface area contributed by atoms with Crippen LogP contribution in [0.1, 0.15) is 25.8 Å². The average Bonchev–Trinajstić information content (AvgIpc) is 3.25. The number of furan rings is 1. The molecule has 126 valence electrons. The van der Waals surface area contributed by atoms with Gasteiger partial charge in [-0.15, -0.1) is 5.10 Å². The molecule has 0 radical (unpaired) electrons. The van der Waals surface area contributed by atoms with Gasteiger partial charge >= 0.3 is 6.03 Å². The minimum Gasteiger partial charge on any atom is -0.465 e. The molecule has 2 aromatic rings. The van der Waals surface area contributed by atoms with E-state index in [9.17, 15) is 9.59 Å². The van der Waals surface area contributed by atoms with Crippen molar-refractivity contribution in [3.05, 3.63) is 43.8 Å². The molecule has 2 unspecified atom stereocenters. The molecular formula is C15H17N5O3S. The van der Waals surface area contributed by atoms with Crippen LogP contribution in [0.4, 0.5) is 4.79 Å². The average molecular weight is 347 g/mol. The molecule has 0 aromatic carbocycles. The van der Waals surface area contributed by atoms with Crippen molar-refractivity contribution in [2.45, 2.75) is 26.2 Å². The summed E-state index contributed by atoms with van der Waals surface area (Å²) in [6.07, 6.45) is 2.54. The summed E-state index contributed by atoms with van der Waals surface area (Å²) in [6.45, 7) is 4.90. The standard InChI is InChI=1S/C15H17N5O3S/c1-3-18-11-12(19(4-2)15(18)22)20-13(21)10(24-14(20)17-16-11)8-9-6-5-7-23-9/h5-8,11-12,16H,3-4H2,1-2H3/b10-8-. The van der Waals surface area contributed by atoms with Crippen molar-refractivity contribution in [2.24, 2.45) is 5.10 Å². The largest absolute Gasteiger partial charge is 0.465 e. The Morgan fingerprint density at radius 2 is 2.12 bits per heavy atom. The molecule has 1 N–H and O–H groups in total. The highest BCUT2D eigenvalue weighted by Gasteiger charge is 2.48. The number of likely N-dealkylation sites (N-methyl/N-ethyl adjacent to an activating group) is 2. The Kier molecular flexibility index (Phi) is 3.45. The van der Waals surface area contributed by atoms with Crippen molar-refractivity contribution in [3.63, 3.8) is 0 Å². The lowest BCUT2D eigenvalue weighted by atomic mass is 10.3. The Morgan fingerprint density at radius 1 is 1.33 bits per heavy atom. The Bertz CT molecular complexity index is 945. The Hall–Kier alpha value is -2.55. The number of nitrogens with zero attached hydrogens (tertiary/aromatic N) is 4. The highest BCUT2D eigenvalue weighted by molar-refractivity contribution is 7.07. The van der Waals surface area contributed by atoms with Gasteiger partial charge in [-0.25, -0.2) is 4.79 Å². The highest BCUT2D eigenvalue weighted by atomic mass is 32.1. The molecule has 0 spiro atoms. The summed E-state index contributed by atoms with van der Waals surface area (Å²) >= 11 is 1.28. The number of carbonyl (C=O) groups is 1. The molecule has 9 heteroatoms. The first-order chi connectivity index (χ1) is 11.7. The number of aromatic nitrogens is 1. The van der Waals surface area contributed by atoms with Crippen molar-refractivity contribution < 1.29 is 9.21 Å². The zero-order valence-electron chi connectivity index (χ0n) is 13.3. The molecule has 0 aliphatic carbocycles. The van der Waals surface area contributed by atoms with Crippen LogP contribution in [-0.4, -0.2) is 39.7 Å². The van der Waals surface area contributed by atoms with Crippen LogP contribution in [0.25, 0.3) is 6.08 Å². The second-order valence-electron chi connectivity index (χ2n) is 5.54. The number of fused-ring (bicyclic) bond motifs is 3. The molecule has 1 saturated heterocycles. The van der Waals surface area contributed by atoms with Gasteiger partial charge in [-0.3, -0.25) is 24.6 Å². The van der Waals surface area contributed by atoms with Crippen LogP contribution in [0, 0.1) is 0 Å². The van der Waals surface area contributed by atoms with Crippen molar-refractivity contribution in [1.82, 2.24) is 19.8 Å². The summed E-state index contributed by atoms with van der Waals surface area (Å²) in [5.41, 5.74) is 2.88. The van der Waals surface area contributed by atoms with E-state index >= 15 is 0 Å². The van der Waals surface area contributed by atoms with Gasteiger partial charge in [0.25, 0.3) is 5.56 Å². The summed E-state index contributed by atoms with van der Waals surface area (Å²) in [6, 6.07) is 3.48. The fourth-order valence-electron chi connectivity index (χ4n) is 3.22. The van der Waals surface area contributed by atoms with E-state index in [1.807, 2.05) is 13.8 Å². The van der Waals surface area contributed by atoms with Crippen LogP contribution in [0.3, 0.4) is 0 Å². The summed E-state index contributed by atoms with van der Waals surface area (Å²) < 4.78 is 7.43. The molecular weight excluding hydrogens is 330 g/mol. The quantitative estimate of drug-likeness (QED) is 0.852. The van der Waals surface area contributed by atoms with E-state index in [2.05, 4.69) is 10.5 Å². The van der Waals surface area contributed by atoms with Crippen molar-refractivity contribution in [3.8, 4) is 0 Å². The van der Waals surface area contributed by atoms with E-state index in [1.54, 1.807) is 38.8 Å². The molecule has 2 aliphatic rings. The van der Waals surface area contributed by atoms with Crippen LogP contribution in [0.2, 0.25) is 0 Å². The maximum atomic E-state index is 12.9. The first-order valence-corrected chi connectivity index (χ1v) is 8.64. The van der Waals surface area contributed by atoms with Crippen LogP contribution in [0.5, 0.6) is 0 Å². The molecule has 0 bridgehead atoms. The van der Waals surface area contributed by atoms with E-state index in [0.717, 1.165) is 0 Å². The zero-order valence-corrected chi connectivity index (χ0v) is 14.1.